The molecule has 0 unspecified atom stereocenters. The highest BCUT2D eigenvalue weighted by Crippen LogP contribution is 2.41. The van der Waals surface area contributed by atoms with E-state index in [1.165, 1.54) is 22.4 Å². The van der Waals surface area contributed by atoms with Crippen LogP contribution in [0.25, 0.3) is 0 Å². The van der Waals surface area contributed by atoms with Crippen LogP contribution >= 0.6 is 0 Å². The Kier molecular flexibility index (Phi) is 5.59. The van der Waals surface area contributed by atoms with Crippen molar-refractivity contribution in [2.45, 2.75) is 33.1 Å². The van der Waals surface area contributed by atoms with E-state index in [1.807, 2.05) is 20.2 Å². The Bertz CT molecular complexity index is 643. The smallest absolute Gasteiger partial charge is 0.146 e. The number of hydrogen-bond acceptors (Lipinski definition) is 2. The molecule has 0 radical (unpaired) electrons. The normalized spacial score (nSPS) is 20.4. The summed E-state index contributed by atoms with van der Waals surface area (Å²) >= 11 is 0. The first-order valence-corrected chi connectivity index (χ1v) is 8.18. The van der Waals surface area contributed by atoms with Crippen molar-refractivity contribution in [2.24, 2.45) is 5.92 Å². The molecule has 1 aromatic carbocycles. The maximum absolute atomic E-state index is 11.6. The highest BCUT2D eigenvalue weighted by Gasteiger charge is 2.29. The van der Waals surface area contributed by atoms with Gasteiger partial charge in [0.05, 0.1) is 0 Å². The molecule has 2 nitrogen and oxygen atoms in total. The van der Waals surface area contributed by atoms with E-state index >= 15 is 0 Å². The van der Waals surface area contributed by atoms with Gasteiger partial charge in [-0.3, -0.25) is 4.79 Å². The van der Waals surface area contributed by atoms with E-state index in [9.17, 15) is 4.79 Å². The number of carbonyl (C=O) groups is 1. The topological polar surface area (TPSA) is 20.3 Å². The summed E-state index contributed by atoms with van der Waals surface area (Å²) < 4.78 is 0. The SMILES string of the molecule is CC(C)=CC[C@H]1C(C)=CC=C(C=O)[C@H]1c1ccc(N(C)C)cc1. The summed E-state index contributed by atoms with van der Waals surface area (Å²) in [6.45, 7) is 6.42. The van der Waals surface area contributed by atoms with Gasteiger partial charge in [-0.25, -0.2) is 0 Å². The van der Waals surface area contributed by atoms with Crippen molar-refractivity contribution in [3.05, 3.63) is 64.8 Å². The lowest BCUT2D eigenvalue weighted by atomic mass is 9.72. The number of benzene rings is 1. The Balaban J connectivity index is 2.40. The van der Waals surface area contributed by atoms with Gasteiger partial charge in [0, 0.05) is 25.7 Å². The number of rotatable bonds is 5. The zero-order chi connectivity index (χ0) is 17.0. The number of carbonyl (C=O) groups excluding carboxylic acids is 1. The van der Waals surface area contributed by atoms with Crippen LogP contribution in [0.2, 0.25) is 0 Å². The van der Waals surface area contributed by atoms with Gasteiger partial charge >= 0.3 is 0 Å². The molecule has 0 fully saturated rings. The van der Waals surface area contributed by atoms with Crippen LogP contribution in [0.5, 0.6) is 0 Å². The lowest BCUT2D eigenvalue weighted by Crippen LogP contribution is -2.20. The lowest BCUT2D eigenvalue weighted by molar-refractivity contribution is -0.105. The van der Waals surface area contributed by atoms with E-state index in [-0.39, 0.29) is 5.92 Å². The van der Waals surface area contributed by atoms with Crippen LogP contribution < -0.4 is 4.90 Å². The Hall–Kier alpha value is -2.09. The monoisotopic (exact) mass is 309 g/mol. The molecule has 0 aromatic heterocycles. The van der Waals surface area contributed by atoms with Gasteiger partial charge in [-0.15, -0.1) is 0 Å². The van der Waals surface area contributed by atoms with E-state index in [0.29, 0.717) is 5.92 Å². The molecule has 1 aromatic rings. The number of hydrogen-bond donors (Lipinski definition) is 0. The lowest BCUT2D eigenvalue weighted by Gasteiger charge is -2.31. The van der Waals surface area contributed by atoms with Gasteiger partial charge in [-0.1, -0.05) is 41.5 Å². The molecule has 0 bridgehead atoms. The van der Waals surface area contributed by atoms with Gasteiger partial charge in [-0.2, -0.15) is 0 Å². The van der Waals surface area contributed by atoms with Crippen molar-refractivity contribution in [1.29, 1.82) is 0 Å². The predicted octanol–water partition coefficient (Wildman–Crippen LogP) is 4.89. The first kappa shape index (κ1) is 17.3. The standard InChI is InChI=1S/C21H27NO/c1-15(2)6-13-20-16(3)7-8-18(14-23)21(20)17-9-11-19(12-10-17)22(4)5/h6-12,14,20-21H,13H2,1-5H3/t20-,21+/m0/s1. The largest absolute Gasteiger partial charge is 0.378 e. The molecule has 122 valence electrons. The minimum absolute atomic E-state index is 0.143. The van der Waals surface area contributed by atoms with Crippen LogP contribution in [0, 0.1) is 5.92 Å². The van der Waals surface area contributed by atoms with E-state index in [1.54, 1.807) is 0 Å². The molecule has 2 rings (SSSR count). The molecular formula is C21H27NO. The molecular weight excluding hydrogens is 282 g/mol. The van der Waals surface area contributed by atoms with Crippen LogP contribution in [-0.4, -0.2) is 20.4 Å². The molecule has 0 saturated heterocycles. The van der Waals surface area contributed by atoms with Gasteiger partial charge in [0.2, 0.25) is 0 Å². The van der Waals surface area contributed by atoms with Gasteiger partial charge in [0.15, 0.2) is 0 Å². The molecule has 0 spiro atoms. The molecule has 0 amide bonds. The summed E-state index contributed by atoms with van der Waals surface area (Å²) in [4.78, 5) is 13.7. The number of allylic oxidation sites excluding steroid dienone is 6. The summed E-state index contributed by atoms with van der Waals surface area (Å²) in [5, 5.41) is 0. The average molecular weight is 309 g/mol. The molecule has 2 atom stereocenters. The molecule has 0 heterocycles. The third-order valence-electron chi connectivity index (χ3n) is 4.57. The molecule has 2 heteroatoms. The van der Waals surface area contributed by atoms with Crippen molar-refractivity contribution >= 4 is 12.0 Å². The van der Waals surface area contributed by atoms with Crippen molar-refractivity contribution in [3.63, 3.8) is 0 Å². The van der Waals surface area contributed by atoms with Crippen LogP contribution in [0.15, 0.2) is 59.2 Å². The van der Waals surface area contributed by atoms with Crippen molar-refractivity contribution < 1.29 is 4.79 Å². The minimum Gasteiger partial charge on any atom is -0.378 e. The second kappa shape index (κ2) is 7.45. The van der Waals surface area contributed by atoms with Crippen LogP contribution in [0.4, 0.5) is 5.69 Å². The van der Waals surface area contributed by atoms with Crippen LogP contribution in [-0.2, 0) is 4.79 Å². The zero-order valence-electron chi connectivity index (χ0n) is 14.8. The van der Waals surface area contributed by atoms with E-state index in [4.69, 9.17) is 0 Å². The molecule has 0 saturated carbocycles. The Labute approximate surface area is 140 Å². The number of anilines is 1. The zero-order valence-corrected chi connectivity index (χ0v) is 14.8. The Morgan fingerprint density at radius 2 is 1.78 bits per heavy atom. The third-order valence-corrected chi connectivity index (χ3v) is 4.57. The van der Waals surface area contributed by atoms with Crippen LogP contribution in [0.3, 0.4) is 0 Å². The molecule has 0 N–H and O–H groups in total. The highest BCUT2D eigenvalue weighted by molar-refractivity contribution is 5.78. The van der Waals surface area contributed by atoms with Gasteiger partial charge < -0.3 is 4.90 Å². The molecule has 0 aliphatic heterocycles. The fourth-order valence-corrected chi connectivity index (χ4v) is 3.15. The van der Waals surface area contributed by atoms with Crippen LogP contribution in [0.1, 0.15) is 38.7 Å². The van der Waals surface area contributed by atoms with E-state index in [2.05, 4.69) is 62.1 Å². The van der Waals surface area contributed by atoms with Crippen molar-refractivity contribution in [3.8, 4) is 0 Å². The maximum Gasteiger partial charge on any atom is 0.146 e. The maximum atomic E-state index is 11.6. The Morgan fingerprint density at radius 3 is 2.30 bits per heavy atom. The fourth-order valence-electron chi connectivity index (χ4n) is 3.15. The third kappa shape index (κ3) is 4.01. The predicted molar refractivity (Wildman–Crippen MR) is 99.0 cm³/mol. The molecule has 23 heavy (non-hydrogen) atoms. The Morgan fingerprint density at radius 1 is 1.13 bits per heavy atom. The number of nitrogens with zero attached hydrogens (tertiary/aromatic N) is 1. The fraction of sp³-hybridized carbons (Fsp3) is 0.381. The first-order chi connectivity index (χ1) is 10.9. The number of aldehydes is 1. The average Bonchev–Trinajstić information content (AvgIpc) is 2.53. The van der Waals surface area contributed by atoms with E-state index in [0.717, 1.165) is 18.3 Å². The van der Waals surface area contributed by atoms with Gasteiger partial charge in [0.1, 0.15) is 6.29 Å². The van der Waals surface area contributed by atoms with Crippen molar-refractivity contribution in [1.82, 2.24) is 0 Å². The summed E-state index contributed by atoms with van der Waals surface area (Å²) in [7, 11) is 4.08. The van der Waals surface area contributed by atoms with Gasteiger partial charge in [-0.05, 0) is 56.4 Å². The molecule has 1 aliphatic rings. The summed E-state index contributed by atoms with van der Waals surface area (Å²) in [5.41, 5.74) is 5.93. The summed E-state index contributed by atoms with van der Waals surface area (Å²) in [5.74, 6) is 0.490. The summed E-state index contributed by atoms with van der Waals surface area (Å²) in [6, 6.07) is 8.57. The minimum atomic E-state index is 0.143. The first-order valence-electron chi connectivity index (χ1n) is 8.18. The summed E-state index contributed by atoms with van der Waals surface area (Å²) in [6.07, 6.45) is 8.33. The highest BCUT2D eigenvalue weighted by atomic mass is 16.1. The second-order valence-electron chi connectivity index (χ2n) is 6.78. The van der Waals surface area contributed by atoms with E-state index < -0.39 is 0 Å². The van der Waals surface area contributed by atoms with Gasteiger partial charge in [0.25, 0.3) is 0 Å². The second-order valence-corrected chi connectivity index (χ2v) is 6.78. The molecule has 1 aliphatic carbocycles. The van der Waals surface area contributed by atoms with Crippen molar-refractivity contribution in [2.75, 3.05) is 19.0 Å². The quantitative estimate of drug-likeness (QED) is 0.570.